The van der Waals surface area contributed by atoms with Gasteiger partial charge in [-0.3, -0.25) is 4.79 Å². The lowest BCUT2D eigenvalue weighted by atomic mass is 9.98. The van der Waals surface area contributed by atoms with Crippen molar-refractivity contribution in [2.45, 2.75) is 43.7 Å². The number of fused-ring (bicyclic) bond motifs is 1. The Morgan fingerprint density at radius 3 is 2.85 bits per heavy atom. The van der Waals surface area contributed by atoms with Gasteiger partial charge in [-0.25, -0.2) is 14.8 Å². The molecule has 1 heterocycles. The van der Waals surface area contributed by atoms with Crippen molar-refractivity contribution < 1.29 is 14.7 Å². The molecule has 7 heteroatoms. The van der Waals surface area contributed by atoms with Gasteiger partial charge in [0, 0.05) is 23.9 Å². The summed E-state index contributed by atoms with van der Waals surface area (Å²) < 4.78 is 0. The highest BCUT2D eigenvalue weighted by molar-refractivity contribution is 7.99. The van der Waals surface area contributed by atoms with E-state index in [1.54, 1.807) is 0 Å². The van der Waals surface area contributed by atoms with Crippen LogP contribution in [0.5, 0.6) is 0 Å². The molecule has 1 aromatic rings. The Hall–Kier alpha value is -1.63. The van der Waals surface area contributed by atoms with Gasteiger partial charge in [-0.15, -0.1) is 11.8 Å². The standard InChI is InChI=1S/C13H17N3O3S/c1-8(17)16-11(13(18)19)6-20-12-9-4-2-3-5-10(9)14-7-15-12/h7,11H,2-6H2,1H3,(H,16,17)(H,18,19). The van der Waals surface area contributed by atoms with Gasteiger partial charge in [-0.05, 0) is 25.7 Å². The Morgan fingerprint density at radius 1 is 1.40 bits per heavy atom. The molecule has 0 bridgehead atoms. The minimum Gasteiger partial charge on any atom is -0.480 e. The molecule has 108 valence electrons. The maximum atomic E-state index is 11.1. The van der Waals surface area contributed by atoms with Gasteiger partial charge in [0.1, 0.15) is 17.4 Å². The average molecular weight is 295 g/mol. The monoisotopic (exact) mass is 295 g/mol. The SMILES string of the molecule is CC(=O)NC(CSc1ncnc2c1CCCC2)C(=O)O. The van der Waals surface area contributed by atoms with Crippen molar-refractivity contribution in [3.63, 3.8) is 0 Å². The van der Waals surface area contributed by atoms with Crippen molar-refractivity contribution in [2.24, 2.45) is 0 Å². The molecule has 6 nitrogen and oxygen atoms in total. The molecule has 0 radical (unpaired) electrons. The Balaban J connectivity index is 2.06. The molecule has 1 aliphatic rings. The lowest BCUT2D eigenvalue weighted by Crippen LogP contribution is -2.41. The first kappa shape index (κ1) is 14.8. The van der Waals surface area contributed by atoms with Gasteiger partial charge in [-0.2, -0.15) is 0 Å². The molecule has 0 fully saturated rings. The van der Waals surface area contributed by atoms with Crippen LogP contribution < -0.4 is 5.32 Å². The lowest BCUT2D eigenvalue weighted by molar-refractivity contribution is -0.140. The zero-order chi connectivity index (χ0) is 14.5. The first-order valence-electron chi connectivity index (χ1n) is 6.53. The smallest absolute Gasteiger partial charge is 0.327 e. The fraction of sp³-hybridized carbons (Fsp3) is 0.538. The number of nitrogens with zero attached hydrogens (tertiary/aromatic N) is 2. The summed E-state index contributed by atoms with van der Waals surface area (Å²) in [5.74, 6) is -1.11. The molecule has 0 aliphatic heterocycles. The van der Waals surface area contributed by atoms with E-state index in [9.17, 15) is 9.59 Å². The normalized spacial score (nSPS) is 15.2. The summed E-state index contributed by atoms with van der Waals surface area (Å²) in [7, 11) is 0. The summed E-state index contributed by atoms with van der Waals surface area (Å²) in [5.41, 5.74) is 2.20. The van der Waals surface area contributed by atoms with Crippen LogP contribution >= 0.6 is 11.8 Å². The van der Waals surface area contributed by atoms with Crippen LogP contribution in [0.4, 0.5) is 0 Å². The summed E-state index contributed by atoms with van der Waals surface area (Å²) in [4.78, 5) is 30.6. The maximum absolute atomic E-state index is 11.1. The zero-order valence-electron chi connectivity index (χ0n) is 11.3. The van der Waals surface area contributed by atoms with Crippen LogP contribution in [0.1, 0.15) is 31.0 Å². The van der Waals surface area contributed by atoms with Crippen molar-refractivity contribution in [1.82, 2.24) is 15.3 Å². The number of hydrogen-bond acceptors (Lipinski definition) is 5. The molecule has 1 unspecified atom stereocenters. The summed E-state index contributed by atoms with van der Waals surface area (Å²) in [6.07, 6.45) is 5.68. The Kier molecular flexibility index (Phi) is 4.94. The van der Waals surface area contributed by atoms with E-state index in [1.165, 1.54) is 25.0 Å². The van der Waals surface area contributed by atoms with Gasteiger partial charge in [0.05, 0.1) is 0 Å². The van der Waals surface area contributed by atoms with Gasteiger partial charge in [-0.1, -0.05) is 0 Å². The van der Waals surface area contributed by atoms with Crippen LogP contribution in [0, 0.1) is 0 Å². The van der Waals surface area contributed by atoms with Crippen LogP contribution in [0.25, 0.3) is 0 Å². The second kappa shape index (κ2) is 6.69. The van der Waals surface area contributed by atoms with E-state index < -0.39 is 12.0 Å². The van der Waals surface area contributed by atoms with E-state index in [-0.39, 0.29) is 11.7 Å². The van der Waals surface area contributed by atoms with E-state index in [0.29, 0.717) is 0 Å². The second-order valence-electron chi connectivity index (χ2n) is 4.71. The third kappa shape index (κ3) is 3.69. The highest BCUT2D eigenvalue weighted by atomic mass is 32.2. The Labute approximate surface area is 121 Å². The van der Waals surface area contributed by atoms with Crippen LogP contribution in [0.2, 0.25) is 0 Å². The number of carbonyl (C=O) groups is 2. The number of amides is 1. The molecule has 0 saturated heterocycles. The van der Waals surface area contributed by atoms with Crippen molar-refractivity contribution in [3.05, 3.63) is 17.6 Å². The molecular formula is C13H17N3O3S. The van der Waals surface area contributed by atoms with Gasteiger partial charge in [0.25, 0.3) is 0 Å². The fourth-order valence-electron chi connectivity index (χ4n) is 2.20. The number of carbonyl (C=O) groups excluding carboxylic acids is 1. The van der Waals surface area contributed by atoms with Crippen LogP contribution in [0.3, 0.4) is 0 Å². The molecule has 1 atom stereocenters. The third-order valence-corrected chi connectivity index (χ3v) is 4.27. The highest BCUT2D eigenvalue weighted by Gasteiger charge is 2.21. The van der Waals surface area contributed by atoms with Crippen molar-refractivity contribution in [1.29, 1.82) is 0 Å². The number of carboxylic acids is 1. The second-order valence-corrected chi connectivity index (χ2v) is 5.72. The number of thioether (sulfide) groups is 1. The minimum absolute atomic E-state index is 0.262. The van der Waals surface area contributed by atoms with E-state index in [1.807, 2.05) is 0 Å². The maximum Gasteiger partial charge on any atom is 0.327 e. The van der Waals surface area contributed by atoms with Crippen molar-refractivity contribution >= 4 is 23.6 Å². The first-order chi connectivity index (χ1) is 9.58. The number of aromatic nitrogens is 2. The number of nitrogens with one attached hydrogen (secondary N) is 1. The predicted molar refractivity (Wildman–Crippen MR) is 74.6 cm³/mol. The first-order valence-corrected chi connectivity index (χ1v) is 7.52. The molecule has 0 saturated carbocycles. The Morgan fingerprint density at radius 2 is 2.15 bits per heavy atom. The van der Waals surface area contributed by atoms with Crippen LogP contribution in [0.15, 0.2) is 11.4 Å². The lowest BCUT2D eigenvalue weighted by Gasteiger charge is -2.18. The van der Waals surface area contributed by atoms with Crippen LogP contribution in [-0.2, 0) is 22.4 Å². The van der Waals surface area contributed by atoms with Crippen molar-refractivity contribution in [2.75, 3.05) is 5.75 Å². The van der Waals surface area contributed by atoms with E-state index >= 15 is 0 Å². The summed E-state index contributed by atoms with van der Waals surface area (Å²) in [5, 5.41) is 12.3. The third-order valence-electron chi connectivity index (χ3n) is 3.15. The highest BCUT2D eigenvalue weighted by Crippen LogP contribution is 2.28. The summed E-state index contributed by atoms with van der Waals surface area (Å²) >= 11 is 1.37. The molecule has 1 aromatic heterocycles. The number of aryl methyl sites for hydroxylation is 1. The minimum atomic E-state index is -1.03. The molecule has 1 amide bonds. The van der Waals surface area contributed by atoms with Crippen molar-refractivity contribution in [3.8, 4) is 0 Å². The number of hydrogen-bond donors (Lipinski definition) is 2. The number of aliphatic carboxylic acids is 1. The van der Waals surface area contributed by atoms with Gasteiger partial charge in [0.2, 0.25) is 5.91 Å². The largest absolute Gasteiger partial charge is 0.480 e. The van der Waals surface area contributed by atoms with E-state index in [2.05, 4.69) is 15.3 Å². The van der Waals surface area contributed by atoms with E-state index in [0.717, 1.165) is 42.0 Å². The molecule has 0 spiro atoms. The molecule has 20 heavy (non-hydrogen) atoms. The van der Waals surface area contributed by atoms with E-state index in [4.69, 9.17) is 5.11 Å². The molecular weight excluding hydrogens is 278 g/mol. The Bertz CT molecular complexity index is 522. The summed E-state index contributed by atoms with van der Waals surface area (Å²) in [6.45, 7) is 1.31. The average Bonchev–Trinajstić information content (AvgIpc) is 2.42. The molecule has 2 N–H and O–H groups in total. The predicted octanol–water partition coefficient (Wildman–Crippen LogP) is 1.04. The number of carboxylic acid groups (broad SMARTS) is 1. The van der Waals surface area contributed by atoms with Gasteiger partial charge in [0.15, 0.2) is 0 Å². The van der Waals surface area contributed by atoms with Gasteiger partial charge >= 0.3 is 5.97 Å². The fourth-order valence-corrected chi connectivity index (χ4v) is 3.26. The quantitative estimate of drug-likeness (QED) is 0.623. The number of rotatable bonds is 5. The zero-order valence-corrected chi connectivity index (χ0v) is 12.1. The molecule has 0 aromatic carbocycles. The summed E-state index contributed by atoms with van der Waals surface area (Å²) in [6, 6.07) is -0.897. The molecule has 2 rings (SSSR count). The molecule has 1 aliphatic carbocycles. The van der Waals surface area contributed by atoms with Gasteiger partial charge < -0.3 is 10.4 Å². The topological polar surface area (TPSA) is 92.2 Å². The van der Waals surface area contributed by atoms with Crippen LogP contribution in [-0.4, -0.2) is 38.7 Å².